The molecule has 0 saturated carbocycles. The number of aliphatic imine (C=N–C) groups is 1. The van der Waals surface area contributed by atoms with Crippen LogP contribution in [0.2, 0.25) is 0 Å². The Kier molecular flexibility index (Phi) is 3.42. The molecule has 7 heteroatoms. The fourth-order valence-corrected chi connectivity index (χ4v) is 2.94. The summed E-state index contributed by atoms with van der Waals surface area (Å²) in [6.45, 7) is 5.81. The maximum atomic E-state index is 12.5. The Morgan fingerprint density at radius 1 is 1.30 bits per heavy atom. The van der Waals surface area contributed by atoms with E-state index in [1.807, 2.05) is 31.5 Å². The molecule has 0 bridgehead atoms. The van der Waals surface area contributed by atoms with Crippen LogP contribution in [0.3, 0.4) is 0 Å². The number of anilines is 1. The van der Waals surface area contributed by atoms with Crippen molar-refractivity contribution in [1.82, 2.24) is 14.7 Å². The largest absolute Gasteiger partial charge is 0.368 e. The molecule has 2 aromatic rings. The zero-order valence-corrected chi connectivity index (χ0v) is 13.0. The van der Waals surface area contributed by atoms with Gasteiger partial charge in [-0.1, -0.05) is 4.98 Å². The topological polar surface area (TPSA) is 65.0 Å². The lowest BCUT2D eigenvalue weighted by atomic mass is 10.3. The Bertz CT molecular complexity index is 862. The van der Waals surface area contributed by atoms with Crippen molar-refractivity contribution in [2.45, 2.75) is 13.0 Å². The second-order valence-electron chi connectivity index (χ2n) is 5.87. The smallest absolute Gasteiger partial charge is 0.274 e. The van der Waals surface area contributed by atoms with Crippen LogP contribution in [0.25, 0.3) is 5.65 Å². The van der Waals surface area contributed by atoms with E-state index in [1.54, 1.807) is 21.4 Å². The molecule has 2 aromatic heterocycles. The van der Waals surface area contributed by atoms with Crippen LogP contribution < -0.4 is 15.8 Å². The van der Waals surface area contributed by atoms with Gasteiger partial charge in [-0.15, -0.1) is 4.99 Å². The van der Waals surface area contributed by atoms with E-state index in [0.717, 1.165) is 31.9 Å². The van der Waals surface area contributed by atoms with Crippen LogP contribution in [-0.2, 0) is 0 Å². The van der Waals surface area contributed by atoms with Gasteiger partial charge < -0.3 is 10.2 Å². The first-order chi connectivity index (χ1) is 11.2. The number of nitrogens with one attached hydrogen (secondary N) is 1. The van der Waals surface area contributed by atoms with Crippen molar-refractivity contribution in [1.29, 1.82) is 0 Å². The van der Waals surface area contributed by atoms with Gasteiger partial charge >= 0.3 is 0 Å². The lowest BCUT2D eigenvalue weighted by Gasteiger charge is -2.29. The van der Waals surface area contributed by atoms with Gasteiger partial charge in [-0.2, -0.15) is 0 Å². The molecule has 0 aliphatic carbocycles. The molecule has 4 rings (SSSR count). The fraction of sp³-hybridized carbons (Fsp3) is 0.375. The minimum absolute atomic E-state index is 0.0802. The Morgan fingerprint density at radius 3 is 2.87 bits per heavy atom. The van der Waals surface area contributed by atoms with Gasteiger partial charge in [0.25, 0.3) is 11.4 Å². The Morgan fingerprint density at radius 2 is 2.13 bits per heavy atom. The summed E-state index contributed by atoms with van der Waals surface area (Å²) in [5.74, 6) is 0.609. The highest BCUT2D eigenvalue weighted by Crippen LogP contribution is 2.16. The maximum Gasteiger partial charge on any atom is 0.274 e. The molecule has 1 atom stereocenters. The SMILES string of the molecule is CC1C=[N+](c2cc(=O)n3cc(N4CCNCC4)ccc3n2)C=N1. The van der Waals surface area contributed by atoms with Crippen LogP contribution in [0.5, 0.6) is 0 Å². The monoisotopic (exact) mass is 311 g/mol. The molecule has 0 spiro atoms. The van der Waals surface area contributed by atoms with Gasteiger partial charge in [-0.05, 0) is 13.0 Å². The molecular weight excluding hydrogens is 292 g/mol. The highest BCUT2D eigenvalue weighted by Gasteiger charge is 2.18. The molecule has 23 heavy (non-hydrogen) atoms. The van der Waals surface area contributed by atoms with Crippen molar-refractivity contribution in [2.24, 2.45) is 4.99 Å². The summed E-state index contributed by atoms with van der Waals surface area (Å²) in [4.78, 5) is 23.6. The van der Waals surface area contributed by atoms with E-state index < -0.39 is 0 Å². The number of hydrogen-bond acceptors (Lipinski definition) is 5. The number of piperazine rings is 1. The Balaban J connectivity index is 1.75. The summed E-state index contributed by atoms with van der Waals surface area (Å²) in [6, 6.07) is 5.60. The van der Waals surface area contributed by atoms with Crippen LogP contribution in [0.1, 0.15) is 6.92 Å². The number of nitrogens with zero attached hydrogens (tertiary/aromatic N) is 5. The Hall–Kier alpha value is -2.54. The third kappa shape index (κ3) is 2.63. The zero-order chi connectivity index (χ0) is 15.8. The first-order valence-electron chi connectivity index (χ1n) is 7.86. The summed E-state index contributed by atoms with van der Waals surface area (Å²) >= 11 is 0. The van der Waals surface area contributed by atoms with Crippen LogP contribution in [0, 0.1) is 0 Å². The molecular formula is C16H19N6O+. The summed E-state index contributed by atoms with van der Waals surface area (Å²) in [6.07, 6.45) is 5.52. The van der Waals surface area contributed by atoms with E-state index in [4.69, 9.17) is 0 Å². The predicted octanol–water partition coefficient (Wildman–Crippen LogP) is 0.249. The zero-order valence-electron chi connectivity index (χ0n) is 13.0. The van der Waals surface area contributed by atoms with Gasteiger partial charge in [-0.25, -0.2) is 4.58 Å². The van der Waals surface area contributed by atoms with Crippen molar-refractivity contribution in [3.05, 3.63) is 34.7 Å². The van der Waals surface area contributed by atoms with E-state index >= 15 is 0 Å². The predicted molar refractivity (Wildman–Crippen MR) is 90.5 cm³/mol. The minimum Gasteiger partial charge on any atom is -0.368 e. The summed E-state index contributed by atoms with van der Waals surface area (Å²) < 4.78 is 3.41. The van der Waals surface area contributed by atoms with E-state index in [2.05, 4.69) is 20.2 Å². The third-order valence-electron chi connectivity index (χ3n) is 4.18. The average Bonchev–Trinajstić information content (AvgIpc) is 3.02. The third-order valence-corrected chi connectivity index (χ3v) is 4.18. The average molecular weight is 311 g/mol. The highest BCUT2D eigenvalue weighted by molar-refractivity contribution is 5.73. The second-order valence-corrected chi connectivity index (χ2v) is 5.87. The Labute approximate surface area is 133 Å². The second kappa shape index (κ2) is 5.58. The number of fused-ring (bicyclic) bond motifs is 1. The van der Waals surface area contributed by atoms with Crippen molar-refractivity contribution in [3.8, 4) is 0 Å². The van der Waals surface area contributed by atoms with E-state index in [1.165, 1.54) is 0 Å². The van der Waals surface area contributed by atoms with Crippen LogP contribution in [0.15, 0.2) is 34.2 Å². The van der Waals surface area contributed by atoms with Gasteiger partial charge in [0.1, 0.15) is 0 Å². The van der Waals surface area contributed by atoms with E-state index in [0.29, 0.717) is 11.5 Å². The lowest BCUT2D eigenvalue weighted by molar-refractivity contribution is -0.290. The molecule has 118 valence electrons. The molecule has 7 nitrogen and oxygen atoms in total. The fourth-order valence-electron chi connectivity index (χ4n) is 2.94. The van der Waals surface area contributed by atoms with Gasteiger partial charge in [0.05, 0.1) is 18.0 Å². The number of aromatic nitrogens is 2. The molecule has 0 aromatic carbocycles. The van der Waals surface area contributed by atoms with Crippen LogP contribution in [-0.4, -0.2) is 58.7 Å². The van der Waals surface area contributed by atoms with E-state index in [9.17, 15) is 4.79 Å². The molecule has 0 radical (unpaired) electrons. The molecule has 2 aliphatic heterocycles. The van der Waals surface area contributed by atoms with Crippen molar-refractivity contribution < 1.29 is 4.58 Å². The van der Waals surface area contributed by atoms with Crippen molar-refractivity contribution >= 4 is 29.7 Å². The molecule has 2 aliphatic rings. The molecule has 1 saturated heterocycles. The summed E-state index contributed by atoms with van der Waals surface area (Å²) in [5, 5.41) is 3.33. The summed E-state index contributed by atoms with van der Waals surface area (Å²) in [5.41, 5.74) is 1.62. The normalized spacial score (nSPS) is 21.0. The quantitative estimate of drug-likeness (QED) is 0.808. The first kappa shape index (κ1) is 14.1. The summed E-state index contributed by atoms with van der Waals surface area (Å²) in [7, 11) is 0. The first-order valence-corrected chi connectivity index (χ1v) is 7.86. The number of rotatable bonds is 2. The molecule has 1 fully saturated rings. The van der Waals surface area contributed by atoms with Crippen LogP contribution in [0.4, 0.5) is 11.5 Å². The minimum atomic E-state index is -0.0802. The maximum absolute atomic E-state index is 12.5. The van der Waals surface area contributed by atoms with Gasteiger partial charge in [0.2, 0.25) is 12.0 Å². The molecule has 4 heterocycles. The van der Waals surface area contributed by atoms with Gasteiger partial charge in [-0.3, -0.25) is 9.20 Å². The van der Waals surface area contributed by atoms with Gasteiger partial charge in [0.15, 0.2) is 6.04 Å². The van der Waals surface area contributed by atoms with E-state index in [-0.39, 0.29) is 11.6 Å². The van der Waals surface area contributed by atoms with Gasteiger partial charge in [0, 0.05) is 38.4 Å². The highest BCUT2D eigenvalue weighted by atomic mass is 16.1. The van der Waals surface area contributed by atoms with Crippen LogP contribution >= 0.6 is 0 Å². The standard InChI is InChI=1S/C16H19N6O/c1-12-9-21(11-18-12)15-8-16(23)22-10-13(2-3-14(22)19-15)20-6-4-17-5-7-20/h2-3,8-12,17H,4-7H2,1H3/q+1. The number of pyridine rings is 1. The molecule has 1 N–H and O–H groups in total. The lowest BCUT2D eigenvalue weighted by Crippen LogP contribution is -2.43. The van der Waals surface area contributed by atoms with Crippen molar-refractivity contribution in [2.75, 3.05) is 31.1 Å². The molecule has 1 unspecified atom stereocenters. The number of hydrogen-bond donors (Lipinski definition) is 1. The van der Waals surface area contributed by atoms with Crippen molar-refractivity contribution in [3.63, 3.8) is 0 Å². The molecule has 0 amide bonds.